The third-order valence-corrected chi connectivity index (χ3v) is 6.77. The summed E-state index contributed by atoms with van der Waals surface area (Å²) in [5.41, 5.74) is 1.29. The fourth-order valence-electron chi connectivity index (χ4n) is 3.49. The fraction of sp³-hybridized carbons (Fsp3) is 0.400. The van der Waals surface area contributed by atoms with Gasteiger partial charge in [-0.2, -0.15) is 9.61 Å². The summed E-state index contributed by atoms with van der Waals surface area (Å²) in [4.78, 5) is 23.4. The second kappa shape index (κ2) is 8.08. The van der Waals surface area contributed by atoms with Gasteiger partial charge in [-0.25, -0.2) is 18.2 Å². The minimum atomic E-state index is -3.46. The van der Waals surface area contributed by atoms with Crippen molar-refractivity contribution in [2.75, 3.05) is 21.5 Å². The lowest BCUT2D eigenvalue weighted by atomic mass is 10.0. The number of pyridine rings is 1. The Hall–Kier alpha value is -3.15. The van der Waals surface area contributed by atoms with E-state index in [0.29, 0.717) is 24.4 Å². The topological polar surface area (TPSA) is 110 Å². The van der Waals surface area contributed by atoms with E-state index < -0.39 is 21.7 Å². The van der Waals surface area contributed by atoms with Gasteiger partial charge in [0.2, 0.25) is 10.0 Å². The van der Waals surface area contributed by atoms with Crippen LogP contribution in [0.25, 0.3) is 5.65 Å². The minimum Gasteiger partial charge on any atom is -0.443 e. The van der Waals surface area contributed by atoms with Crippen molar-refractivity contribution >= 4 is 46.7 Å². The molecule has 0 saturated carbocycles. The van der Waals surface area contributed by atoms with Crippen molar-refractivity contribution < 1.29 is 17.9 Å². The number of amides is 1. The van der Waals surface area contributed by atoms with Crippen LogP contribution in [0.1, 0.15) is 32.8 Å². The molecule has 1 saturated heterocycles. The summed E-state index contributed by atoms with van der Waals surface area (Å²) in [5.74, 6) is 0.686. The van der Waals surface area contributed by atoms with E-state index in [1.54, 1.807) is 51.5 Å². The van der Waals surface area contributed by atoms with Crippen molar-refractivity contribution in [1.82, 2.24) is 19.6 Å². The van der Waals surface area contributed by atoms with Gasteiger partial charge in [-0.15, -0.1) is 0 Å². The molecule has 168 valence electrons. The molecule has 1 aliphatic heterocycles. The molecule has 0 atom stereocenters. The van der Waals surface area contributed by atoms with Crippen LogP contribution in [-0.2, 0) is 21.3 Å². The van der Waals surface area contributed by atoms with E-state index >= 15 is 0 Å². The molecule has 4 heterocycles. The van der Waals surface area contributed by atoms with Gasteiger partial charge in [0.1, 0.15) is 25.1 Å². The lowest BCUT2D eigenvalue weighted by Gasteiger charge is -2.28. The monoisotopic (exact) mass is 456 g/mol. The first-order valence-electron chi connectivity index (χ1n) is 10.3. The summed E-state index contributed by atoms with van der Waals surface area (Å²) in [7, 11) is -1.62. The van der Waals surface area contributed by atoms with E-state index in [0.717, 1.165) is 11.0 Å². The number of carbonyl (C=O) groups is 1. The summed E-state index contributed by atoms with van der Waals surface area (Å²) in [5, 5.41) is 4.38. The van der Waals surface area contributed by atoms with E-state index in [1.807, 2.05) is 13.9 Å². The second-order valence-electron chi connectivity index (χ2n) is 8.70. The highest BCUT2D eigenvalue weighted by Gasteiger charge is 2.32. The average Bonchev–Trinajstić information content (AvgIpc) is 3.26. The zero-order valence-electron chi connectivity index (χ0n) is 18.5. The summed E-state index contributed by atoms with van der Waals surface area (Å²) in [6.07, 6.45) is 4.88. The first-order chi connectivity index (χ1) is 15.0. The first-order valence-corrected chi connectivity index (χ1v) is 11.9. The lowest BCUT2D eigenvalue weighted by molar-refractivity contribution is 0.0575. The van der Waals surface area contributed by atoms with Crippen molar-refractivity contribution in [3.63, 3.8) is 0 Å². The van der Waals surface area contributed by atoms with Crippen LogP contribution < -0.4 is 14.7 Å². The molecule has 32 heavy (non-hydrogen) atoms. The molecule has 3 aromatic heterocycles. The second-order valence-corrected chi connectivity index (χ2v) is 10.7. The van der Waals surface area contributed by atoms with E-state index in [1.165, 1.54) is 13.7 Å². The lowest BCUT2D eigenvalue weighted by Crippen LogP contribution is -2.38. The molecule has 3 aromatic rings. The standard InChI is InChI=1S/C20H25BN6O4S/c1-20(2,3)31-19(28)25(13-14-6-4-7-22-11-14)17-10-16(26-8-5-9-32(26,29)30)24-18-15(21)12-23-27(17)18/h4,6-7,10-12H,5,8-9,13,21H2,1-3H3. The van der Waals surface area contributed by atoms with Crippen LogP contribution >= 0.6 is 0 Å². The van der Waals surface area contributed by atoms with Crippen molar-refractivity contribution in [3.05, 3.63) is 42.4 Å². The third-order valence-electron chi connectivity index (χ3n) is 4.92. The van der Waals surface area contributed by atoms with Crippen LogP contribution in [-0.4, -0.2) is 59.8 Å². The number of carbonyl (C=O) groups excluding carboxylic acids is 1. The molecule has 0 aromatic carbocycles. The van der Waals surface area contributed by atoms with Gasteiger partial charge in [-0.1, -0.05) is 6.07 Å². The number of anilines is 2. The number of hydrogen-bond donors (Lipinski definition) is 0. The quantitative estimate of drug-likeness (QED) is 0.536. The summed E-state index contributed by atoms with van der Waals surface area (Å²) >= 11 is 0. The third kappa shape index (κ3) is 4.40. The number of ether oxygens (including phenoxy) is 1. The molecular formula is C20H25BN6O4S. The molecule has 0 bridgehead atoms. The maximum absolute atomic E-state index is 13.3. The minimum absolute atomic E-state index is 0.0684. The Morgan fingerprint density at radius 3 is 2.72 bits per heavy atom. The molecule has 0 radical (unpaired) electrons. The van der Waals surface area contributed by atoms with Crippen LogP contribution in [0.3, 0.4) is 0 Å². The number of sulfonamides is 1. The first kappa shape index (κ1) is 22.1. The van der Waals surface area contributed by atoms with Crippen LogP contribution in [0.2, 0.25) is 0 Å². The highest BCUT2D eigenvalue weighted by atomic mass is 32.2. The molecule has 10 nitrogen and oxygen atoms in total. The zero-order chi connectivity index (χ0) is 23.1. The molecule has 0 spiro atoms. The normalized spacial score (nSPS) is 15.8. The van der Waals surface area contributed by atoms with Gasteiger partial charge in [-0.3, -0.25) is 14.2 Å². The molecular weight excluding hydrogens is 431 g/mol. The molecule has 4 rings (SSSR count). The predicted octanol–water partition coefficient (Wildman–Crippen LogP) is 0.864. The van der Waals surface area contributed by atoms with E-state index in [9.17, 15) is 13.2 Å². The molecule has 0 N–H and O–H groups in total. The smallest absolute Gasteiger partial charge is 0.416 e. The van der Waals surface area contributed by atoms with Crippen LogP contribution in [0.5, 0.6) is 0 Å². The van der Waals surface area contributed by atoms with Gasteiger partial charge >= 0.3 is 6.09 Å². The maximum atomic E-state index is 13.3. The Bertz CT molecular complexity index is 1260. The number of fused-ring (bicyclic) bond motifs is 1. The summed E-state index contributed by atoms with van der Waals surface area (Å²) in [6.45, 7) is 5.86. The highest BCUT2D eigenvalue weighted by Crippen LogP contribution is 2.29. The number of hydrogen-bond acceptors (Lipinski definition) is 7. The molecule has 0 unspecified atom stereocenters. The van der Waals surface area contributed by atoms with Gasteiger partial charge in [0.25, 0.3) is 0 Å². The van der Waals surface area contributed by atoms with Gasteiger partial charge in [0.15, 0.2) is 5.65 Å². The predicted molar refractivity (Wildman–Crippen MR) is 124 cm³/mol. The van der Waals surface area contributed by atoms with E-state index in [2.05, 4.69) is 15.1 Å². The van der Waals surface area contributed by atoms with Gasteiger partial charge in [0.05, 0.1) is 12.3 Å². The van der Waals surface area contributed by atoms with Crippen molar-refractivity contribution in [3.8, 4) is 0 Å². The van der Waals surface area contributed by atoms with Gasteiger partial charge in [0, 0.05) is 31.2 Å². The number of nitrogens with zero attached hydrogens (tertiary/aromatic N) is 6. The Morgan fingerprint density at radius 1 is 1.31 bits per heavy atom. The zero-order valence-corrected chi connectivity index (χ0v) is 19.3. The van der Waals surface area contributed by atoms with E-state index in [-0.39, 0.29) is 18.1 Å². The largest absolute Gasteiger partial charge is 0.443 e. The SMILES string of the molecule is Bc1cnn2c(N(Cc3cccnc3)C(=O)OC(C)(C)C)cc(N3CCCS3(=O)=O)nc12. The number of aromatic nitrogens is 4. The Labute approximate surface area is 187 Å². The van der Waals surface area contributed by atoms with Crippen LogP contribution in [0, 0.1) is 0 Å². The summed E-state index contributed by atoms with van der Waals surface area (Å²) in [6, 6.07) is 5.20. The van der Waals surface area contributed by atoms with Crippen LogP contribution in [0.4, 0.5) is 16.4 Å². The maximum Gasteiger partial charge on any atom is 0.416 e. The Balaban J connectivity index is 1.88. The molecule has 1 amide bonds. The fourth-order valence-corrected chi connectivity index (χ4v) is 4.99. The van der Waals surface area contributed by atoms with Gasteiger partial charge < -0.3 is 4.74 Å². The van der Waals surface area contributed by atoms with Crippen LogP contribution in [0.15, 0.2) is 36.8 Å². The Morgan fingerprint density at radius 2 is 2.09 bits per heavy atom. The van der Waals surface area contributed by atoms with Crippen molar-refractivity contribution in [2.24, 2.45) is 0 Å². The highest BCUT2D eigenvalue weighted by molar-refractivity contribution is 7.93. The van der Waals surface area contributed by atoms with Crippen molar-refractivity contribution in [1.29, 1.82) is 0 Å². The van der Waals surface area contributed by atoms with E-state index in [4.69, 9.17) is 4.74 Å². The Kier molecular flexibility index (Phi) is 5.57. The average molecular weight is 456 g/mol. The summed E-state index contributed by atoms with van der Waals surface area (Å²) < 4.78 is 33.6. The number of rotatable bonds is 4. The van der Waals surface area contributed by atoms with Gasteiger partial charge in [-0.05, 0) is 44.3 Å². The van der Waals surface area contributed by atoms with Crippen molar-refractivity contribution in [2.45, 2.75) is 39.3 Å². The molecule has 1 fully saturated rings. The molecule has 0 aliphatic carbocycles. The molecule has 1 aliphatic rings. The molecule has 12 heteroatoms.